The zero-order valence-corrected chi connectivity index (χ0v) is 15.1. The van der Waals surface area contributed by atoms with Gasteiger partial charge in [-0.3, -0.25) is 13.9 Å². The van der Waals surface area contributed by atoms with Crippen LogP contribution >= 0.6 is 0 Å². The highest BCUT2D eigenvalue weighted by Crippen LogP contribution is 2.36. The fraction of sp³-hybridized carbons (Fsp3) is 0.444. The maximum absolute atomic E-state index is 12.8. The summed E-state index contributed by atoms with van der Waals surface area (Å²) in [7, 11) is 3.13. The first-order valence-electron chi connectivity index (χ1n) is 8.69. The molecule has 0 saturated carbocycles. The molecule has 3 N–H and O–H groups in total. The summed E-state index contributed by atoms with van der Waals surface area (Å²) in [6.07, 6.45) is 0.455. The third-order valence-electron chi connectivity index (χ3n) is 4.86. The van der Waals surface area contributed by atoms with Crippen LogP contribution in [0.15, 0.2) is 39.9 Å². The Balaban J connectivity index is 2.17. The second-order valence-electron chi connectivity index (χ2n) is 6.45. The summed E-state index contributed by atoms with van der Waals surface area (Å²) < 4.78 is 2.59. The highest BCUT2D eigenvalue weighted by atomic mass is 16.3. The van der Waals surface area contributed by atoms with Crippen molar-refractivity contribution in [2.24, 2.45) is 19.8 Å². The summed E-state index contributed by atoms with van der Waals surface area (Å²) in [6.45, 7) is 1.11. The lowest BCUT2D eigenvalue weighted by molar-refractivity contribution is 0.297. The van der Waals surface area contributed by atoms with Gasteiger partial charge in [-0.15, -0.1) is 0 Å². The van der Waals surface area contributed by atoms with Gasteiger partial charge in [0, 0.05) is 40.2 Å². The lowest BCUT2D eigenvalue weighted by Crippen LogP contribution is -2.48. The summed E-state index contributed by atoms with van der Waals surface area (Å²) in [4.78, 5) is 29.2. The molecule has 0 aliphatic carbocycles. The van der Waals surface area contributed by atoms with E-state index in [9.17, 15) is 14.7 Å². The molecule has 0 saturated heterocycles. The van der Waals surface area contributed by atoms with Crippen molar-refractivity contribution < 1.29 is 5.11 Å². The summed E-state index contributed by atoms with van der Waals surface area (Å²) in [5, 5.41) is 9.58. The summed E-state index contributed by atoms with van der Waals surface area (Å²) in [5.74, 6) is 0.543. The Morgan fingerprint density at radius 3 is 2.35 bits per heavy atom. The van der Waals surface area contributed by atoms with E-state index in [0.29, 0.717) is 37.6 Å². The number of hydrogen-bond donors (Lipinski definition) is 2. The number of aromatic nitrogens is 2. The van der Waals surface area contributed by atoms with Gasteiger partial charge < -0.3 is 20.6 Å². The van der Waals surface area contributed by atoms with Crippen LogP contribution < -0.4 is 26.8 Å². The predicted molar refractivity (Wildman–Crippen MR) is 102 cm³/mol. The Morgan fingerprint density at radius 1 is 1.04 bits per heavy atom. The topological polar surface area (TPSA) is 96.7 Å². The third-order valence-corrected chi connectivity index (χ3v) is 4.86. The lowest BCUT2D eigenvalue weighted by atomic mass is 10.1. The second-order valence-corrected chi connectivity index (χ2v) is 6.45. The van der Waals surface area contributed by atoms with Crippen molar-refractivity contribution >= 4 is 11.5 Å². The van der Waals surface area contributed by atoms with Crippen LogP contribution in [0.1, 0.15) is 5.56 Å². The minimum Gasteiger partial charge on any atom is -0.395 e. The highest BCUT2D eigenvalue weighted by molar-refractivity contribution is 5.74. The Hall–Kier alpha value is -2.58. The van der Waals surface area contributed by atoms with Crippen LogP contribution in [0.25, 0.3) is 0 Å². The first kappa shape index (κ1) is 18.2. The van der Waals surface area contributed by atoms with Crippen molar-refractivity contribution in [2.45, 2.75) is 12.6 Å². The van der Waals surface area contributed by atoms with Crippen LogP contribution in [-0.4, -0.2) is 46.6 Å². The van der Waals surface area contributed by atoms with E-state index in [1.165, 1.54) is 11.6 Å². The number of nitrogens with two attached hydrogens (primary N) is 1. The van der Waals surface area contributed by atoms with Crippen LogP contribution in [0.4, 0.5) is 11.5 Å². The van der Waals surface area contributed by atoms with Crippen molar-refractivity contribution in [1.29, 1.82) is 0 Å². The van der Waals surface area contributed by atoms with E-state index >= 15 is 0 Å². The number of aliphatic hydroxyl groups excluding tert-OH is 1. The van der Waals surface area contributed by atoms with Gasteiger partial charge in [0.25, 0.3) is 5.56 Å². The van der Waals surface area contributed by atoms with Gasteiger partial charge in [0.1, 0.15) is 17.7 Å². The van der Waals surface area contributed by atoms with Gasteiger partial charge in [-0.25, -0.2) is 4.79 Å². The predicted octanol–water partition coefficient (Wildman–Crippen LogP) is -0.770. The molecule has 0 radical (unpaired) electrons. The molecule has 3 rings (SSSR count). The molecule has 1 atom stereocenters. The van der Waals surface area contributed by atoms with E-state index in [0.717, 1.165) is 10.1 Å². The number of β-amino-alcohol motifs (C(OH)–C–C–N with tert-alkyl or cyclic N) is 1. The van der Waals surface area contributed by atoms with Crippen molar-refractivity contribution in [2.75, 3.05) is 36.0 Å². The molecule has 1 aromatic carbocycles. The first-order chi connectivity index (χ1) is 12.5. The average Bonchev–Trinajstić information content (AvgIpc) is 2.93. The van der Waals surface area contributed by atoms with E-state index < -0.39 is 0 Å². The fourth-order valence-corrected chi connectivity index (χ4v) is 3.66. The highest BCUT2D eigenvalue weighted by Gasteiger charge is 2.40. The number of nitrogens with zero attached hydrogens (tertiary/aromatic N) is 4. The van der Waals surface area contributed by atoms with Crippen molar-refractivity contribution in [3.63, 3.8) is 0 Å². The molecule has 1 unspecified atom stereocenters. The van der Waals surface area contributed by atoms with Gasteiger partial charge >= 0.3 is 5.69 Å². The molecular weight excluding hydrogens is 334 g/mol. The average molecular weight is 359 g/mol. The number of anilines is 2. The zero-order valence-electron chi connectivity index (χ0n) is 15.1. The maximum Gasteiger partial charge on any atom is 0.332 e. The van der Waals surface area contributed by atoms with Crippen LogP contribution in [0.2, 0.25) is 0 Å². The Labute approximate surface area is 151 Å². The molecule has 0 bridgehead atoms. The van der Waals surface area contributed by atoms with Crippen molar-refractivity contribution in [3.8, 4) is 0 Å². The lowest BCUT2D eigenvalue weighted by Gasteiger charge is -2.32. The minimum absolute atomic E-state index is 0.0788. The Kier molecular flexibility index (Phi) is 5.15. The van der Waals surface area contributed by atoms with Crippen molar-refractivity contribution in [3.05, 3.63) is 56.7 Å². The van der Waals surface area contributed by atoms with Crippen LogP contribution in [0, 0.1) is 0 Å². The van der Waals surface area contributed by atoms with Gasteiger partial charge in [-0.1, -0.05) is 30.3 Å². The molecule has 8 heteroatoms. The number of rotatable bonds is 6. The Bertz CT molecular complexity index is 890. The van der Waals surface area contributed by atoms with Gasteiger partial charge in [-0.05, 0) is 5.56 Å². The normalized spacial score (nSPS) is 16.2. The minimum atomic E-state index is -0.384. The standard InChI is InChI=1S/C18H25N5O3/c1-20-16-15(17(25)21(2)18(20)26)22(9-8-19)14(23(16)10-11-24)12-13-6-4-3-5-7-13/h3-7,14,24H,8-12,19H2,1-2H3. The quantitative estimate of drug-likeness (QED) is 0.703. The number of benzene rings is 1. The number of hydrogen-bond acceptors (Lipinski definition) is 6. The summed E-state index contributed by atoms with van der Waals surface area (Å²) in [5.41, 5.74) is 6.66. The summed E-state index contributed by atoms with van der Waals surface area (Å²) in [6, 6.07) is 9.94. The fourth-order valence-electron chi connectivity index (χ4n) is 3.66. The molecule has 1 aliphatic rings. The van der Waals surface area contributed by atoms with E-state index in [4.69, 9.17) is 5.73 Å². The van der Waals surface area contributed by atoms with Gasteiger partial charge in [0.15, 0.2) is 0 Å². The molecule has 0 spiro atoms. The molecule has 26 heavy (non-hydrogen) atoms. The molecular formula is C18H25N5O3. The van der Waals surface area contributed by atoms with Crippen LogP contribution in [0.5, 0.6) is 0 Å². The number of fused-ring (bicyclic) bond motifs is 1. The molecule has 8 nitrogen and oxygen atoms in total. The van der Waals surface area contributed by atoms with Crippen molar-refractivity contribution in [1.82, 2.24) is 9.13 Å². The van der Waals surface area contributed by atoms with Crippen LogP contribution in [0.3, 0.4) is 0 Å². The molecule has 1 aliphatic heterocycles. The van der Waals surface area contributed by atoms with Gasteiger partial charge in [-0.2, -0.15) is 0 Å². The largest absolute Gasteiger partial charge is 0.395 e. The van der Waals surface area contributed by atoms with Gasteiger partial charge in [0.2, 0.25) is 0 Å². The molecule has 0 amide bonds. The molecule has 0 fully saturated rings. The zero-order chi connectivity index (χ0) is 18.8. The smallest absolute Gasteiger partial charge is 0.332 e. The number of aliphatic hydroxyl groups is 1. The summed E-state index contributed by atoms with van der Waals surface area (Å²) >= 11 is 0. The third kappa shape index (κ3) is 2.91. The SMILES string of the molecule is Cn1c2c(c(=O)n(C)c1=O)N(CCN)C(Cc1ccccc1)N2CCO. The van der Waals surface area contributed by atoms with E-state index in [-0.39, 0.29) is 24.0 Å². The second kappa shape index (κ2) is 7.35. The Morgan fingerprint density at radius 2 is 1.73 bits per heavy atom. The van der Waals surface area contributed by atoms with E-state index in [2.05, 4.69) is 0 Å². The van der Waals surface area contributed by atoms with E-state index in [1.54, 1.807) is 7.05 Å². The monoisotopic (exact) mass is 359 g/mol. The molecule has 140 valence electrons. The molecule has 1 aromatic heterocycles. The van der Waals surface area contributed by atoms with Gasteiger partial charge in [0.05, 0.1) is 6.61 Å². The molecule has 2 heterocycles. The molecule has 2 aromatic rings. The van der Waals surface area contributed by atoms with Crippen LogP contribution in [-0.2, 0) is 20.5 Å². The maximum atomic E-state index is 12.8. The first-order valence-corrected chi connectivity index (χ1v) is 8.69. The van der Waals surface area contributed by atoms with E-state index in [1.807, 2.05) is 40.1 Å².